The number of aliphatic hydroxyl groups excluding tert-OH is 1. The standard InChI is InChI=1S/C40H54N4O11/c1-38(2,3)52-31(48)17-15-27(22-45)42-29(46)18-19-41-37(50)39-20-28-32-33(54-40(53-32,25-11-12-25)26-13-14-26)35(39)55-44(34(39)36(49)51-28)21-24-9-7-6-8-23(24)10-16-30(47)43(4)5/h6-10,16,25-28,32-35,45H,11-15,17-22H2,1-5H3,(H,41,50)(H,42,46). The Bertz CT molecular complexity index is 1690. The number of ether oxygens (including phenoxy) is 4. The number of esters is 2. The van der Waals surface area contributed by atoms with Gasteiger partial charge in [-0.15, -0.1) is 0 Å². The number of rotatable bonds is 15. The number of hydroxylamine groups is 2. The summed E-state index contributed by atoms with van der Waals surface area (Å²) < 4.78 is 25.2. The SMILES string of the molecule is CN(C)C(=O)C=Cc1ccccc1CN1OC2C3OC(C4CC4)(C4CC4)OC3C3CC2(C(=O)NCCC(=O)NC(CO)CCC(=O)OC(C)(C)C)C1C(=O)O3. The summed E-state index contributed by atoms with van der Waals surface area (Å²) >= 11 is 0. The van der Waals surface area contributed by atoms with Crippen molar-refractivity contribution in [2.24, 2.45) is 17.3 Å². The van der Waals surface area contributed by atoms with Crippen molar-refractivity contribution in [3.63, 3.8) is 0 Å². The predicted octanol–water partition coefficient (Wildman–Crippen LogP) is 1.99. The van der Waals surface area contributed by atoms with Crippen molar-refractivity contribution >= 4 is 35.7 Å². The maximum atomic E-state index is 14.6. The van der Waals surface area contributed by atoms with Crippen LogP contribution in [0.1, 0.15) is 83.3 Å². The van der Waals surface area contributed by atoms with Crippen LogP contribution in [0.4, 0.5) is 0 Å². The Labute approximate surface area is 321 Å². The van der Waals surface area contributed by atoms with E-state index in [1.54, 1.807) is 40.9 Å². The van der Waals surface area contributed by atoms with Gasteiger partial charge in [-0.25, -0.2) is 0 Å². The summed E-state index contributed by atoms with van der Waals surface area (Å²) in [6.45, 7) is 4.98. The molecule has 3 saturated carbocycles. The molecule has 6 aliphatic rings. The number of amides is 3. The molecule has 6 fully saturated rings. The van der Waals surface area contributed by atoms with Gasteiger partial charge in [-0.1, -0.05) is 24.3 Å². The van der Waals surface area contributed by atoms with E-state index in [1.807, 2.05) is 24.3 Å². The summed E-state index contributed by atoms with van der Waals surface area (Å²) in [7, 11) is 3.34. The molecule has 2 bridgehead atoms. The van der Waals surface area contributed by atoms with E-state index in [0.29, 0.717) is 0 Å². The van der Waals surface area contributed by atoms with Crippen molar-refractivity contribution in [1.29, 1.82) is 0 Å². The molecular formula is C40H54N4O11. The van der Waals surface area contributed by atoms with Crippen molar-refractivity contribution in [2.75, 3.05) is 27.2 Å². The predicted molar refractivity (Wildman–Crippen MR) is 195 cm³/mol. The van der Waals surface area contributed by atoms with Crippen molar-refractivity contribution in [1.82, 2.24) is 20.6 Å². The fraction of sp³-hybridized carbons (Fsp3) is 0.675. The molecule has 15 nitrogen and oxygen atoms in total. The normalized spacial score (nSPS) is 30.0. The Hall–Kier alpha value is -3.89. The lowest BCUT2D eigenvalue weighted by Gasteiger charge is -2.48. The minimum Gasteiger partial charge on any atom is -0.460 e. The molecule has 7 rings (SSSR count). The maximum absolute atomic E-state index is 14.6. The molecule has 0 radical (unpaired) electrons. The van der Waals surface area contributed by atoms with Crippen molar-refractivity contribution in [2.45, 2.75) is 127 Å². The number of carbonyl (C=O) groups is 5. The van der Waals surface area contributed by atoms with Gasteiger partial charge in [0.15, 0.2) is 11.8 Å². The van der Waals surface area contributed by atoms with Crippen LogP contribution >= 0.6 is 0 Å². The maximum Gasteiger partial charge on any atom is 0.327 e. The van der Waals surface area contributed by atoms with Gasteiger partial charge in [-0.05, 0) is 70.1 Å². The second-order valence-electron chi connectivity index (χ2n) is 17.0. The fourth-order valence-electron chi connectivity index (χ4n) is 8.63. The van der Waals surface area contributed by atoms with Crippen LogP contribution < -0.4 is 10.6 Å². The molecule has 3 aliphatic carbocycles. The molecule has 3 aliphatic heterocycles. The molecule has 3 amide bonds. The Balaban J connectivity index is 1.10. The quantitative estimate of drug-likeness (QED) is 0.175. The lowest BCUT2D eigenvalue weighted by molar-refractivity contribution is -0.235. The Morgan fingerprint density at radius 3 is 2.40 bits per heavy atom. The Kier molecular flexibility index (Phi) is 10.9. The highest BCUT2D eigenvalue weighted by Crippen LogP contribution is 2.63. The van der Waals surface area contributed by atoms with Crippen LogP contribution in [0, 0.1) is 17.3 Å². The van der Waals surface area contributed by atoms with Crippen LogP contribution in [0.25, 0.3) is 6.08 Å². The zero-order valence-corrected chi connectivity index (χ0v) is 32.3. The summed E-state index contributed by atoms with van der Waals surface area (Å²) in [4.78, 5) is 74.5. The summed E-state index contributed by atoms with van der Waals surface area (Å²) in [5.41, 5.74) is -0.556. The number of hydrogen-bond acceptors (Lipinski definition) is 12. The highest BCUT2D eigenvalue weighted by atomic mass is 16.8. The highest BCUT2D eigenvalue weighted by molar-refractivity contribution is 5.94. The van der Waals surface area contributed by atoms with Crippen molar-refractivity contribution in [3.8, 4) is 0 Å². The Morgan fingerprint density at radius 2 is 1.75 bits per heavy atom. The summed E-state index contributed by atoms with van der Waals surface area (Å²) in [6, 6.07) is 5.65. The Morgan fingerprint density at radius 1 is 1.05 bits per heavy atom. The molecule has 55 heavy (non-hydrogen) atoms. The van der Waals surface area contributed by atoms with E-state index in [2.05, 4.69) is 10.6 Å². The van der Waals surface area contributed by atoms with Crippen LogP contribution in [0.3, 0.4) is 0 Å². The van der Waals surface area contributed by atoms with Gasteiger partial charge in [0, 0.05) is 57.8 Å². The minimum atomic E-state index is -1.42. The highest BCUT2D eigenvalue weighted by Gasteiger charge is 2.78. The molecule has 7 atom stereocenters. The first kappa shape index (κ1) is 39.3. The largest absolute Gasteiger partial charge is 0.460 e. The molecular weight excluding hydrogens is 712 g/mol. The minimum absolute atomic E-state index is 0.0181. The molecule has 1 aromatic rings. The molecule has 3 heterocycles. The van der Waals surface area contributed by atoms with E-state index in [4.69, 9.17) is 23.8 Å². The molecule has 7 unspecified atom stereocenters. The van der Waals surface area contributed by atoms with Gasteiger partial charge >= 0.3 is 11.9 Å². The van der Waals surface area contributed by atoms with E-state index in [9.17, 15) is 29.1 Å². The third-order valence-electron chi connectivity index (χ3n) is 11.5. The average molecular weight is 767 g/mol. The van der Waals surface area contributed by atoms with Gasteiger partial charge < -0.3 is 39.6 Å². The van der Waals surface area contributed by atoms with Crippen molar-refractivity contribution in [3.05, 3.63) is 41.5 Å². The summed E-state index contributed by atoms with van der Waals surface area (Å²) in [5, 5.41) is 17.0. The van der Waals surface area contributed by atoms with Crippen molar-refractivity contribution < 1.29 is 52.9 Å². The monoisotopic (exact) mass is 766 g/mol. The zero-order chi connectivity index (χ0) is 39.3. The van der Waals surface area contributed by atoms with Gasteiger partial charge in [0.25, 0.3) is 0 Å². The molecule has 0 aromatic heterocycles. The molecule has 300 valence electrons. The van der Waals surface area contributed by atoms with Crippen LogP contribution in [-0.4, -0.2) is 120 Å². The van der Waals surface area contributed by atoms with E-state index < -0.39 is 77.1 Å². The van der Waals surface area contributed by atoms with Crippen LogP contribution in [0.5, 0.6) is 0 Å². The smallest absolute Gasteiger partial charge is 0.327 e. The second-order valence-corrected chi connectivity index (χ2v) is 17.0. The van der Waals surface area contributed by atoms with Gasteiger partial charge in [0.1, 0.15) is 35.4 Å². The van der Waals surface area contributed by atoms with E-state index in [0.717, 1.165) is 36.8 Å². The topological polar surface area (TPSA) is 182 Å². The van der Waals surface area contributed by atoms with Gasteiger partial charge in [-0.2, -0.15) is 5.06 Å². The summed E-state index contributed by atoms with van der Waals surface area (Å²) in [5.74, 6) is -2.43. The van der Waals surface area contributed by atoms with Crippen LogP contribution in [0.2, 0.25) is 0 Å². The molecule has 3 N–H and O–H groups in total. The zero-order valence-electron chi connectivity index (χ0n) is 32.3. The number of likely N-dealkylation sites (N-methyl/N-ethyl adjacent to an activating group) is 1. The lowest BCUT2D eigenvalue weighted by Crippen LogP contribution is -2.69. The number of benzene rings is 1. The summed E-state index contributed by atoms with van der Waals surface area (Å²) in [6.07, 6.45) is 4.44. The number of nitrogens with one attached hydrogen (secondary N) is 2. The molecule has 1 aromatic carbocycles. The van der Waals surface area contributed by atoms with E-state index >= 15 is 0 Å². The third-order valence-corrected chi connectivity index (χ3v) is 11.5. The van der Waals surface area contributed by atoms with Gasteiger partial charge in [0.05, 0.1) is 19.2 Å². The molecule has 0 spiro atoms. The first-order valence-electron chi connectivity index (χ1n) is 19.5. The number of aliphatic hydroxyl groups is 1. The number of fused-ring (bicyclic) bond motifs is 4. The van der Waals surface area contributed by atoms with Crippen LogP contribution in [-0.2, 0) is 54.3 Å². The molecule has 15 heteroatoms. The first-order chi connectivity index (χ1) is 26.1. The van der Waals surface area contributed by atoms with Crippen LogP contribution in [0.15, 0.2) is 30.3 Å². The van der Waals surface area contributed by atoms with Gasteiger partial charge in [0.2, 0.25) is 17.7 Å². The van der Waals surface area contributed by atoms with Gasteiger partial charge in [-0.3, -0.25) is 28.8 Å². The van der Waals surface area contributed by atoms with E-state index in [-0.39, 0.29) is 63.1 Å². The third kappa shape index (κ3) is 7.91. The fourth-order valence-corrected chi connectivity index (χ4v) is 8.63. The average Bonchev–Trinajstić information content (AvgIpc) is 4.08. The number of nitrogens with zero attached hydrogens (tertiary/aromatic N) is 2. The number of carbonyl (C=O) groups excluding carboxylic acids is 5. The molecule has 3 saturated heterocycles. The number of hydrogen-bond donors (Lipinski definition) is 3. The van der Waals surface area contributed by atoms with E-state index in [1.165, 1.54) is 16.0 Å². The first-order valence-corrected chi connectivity index (χ1v) is 19.5. The second kappa shape index (κ2) is 15.2. The lowest BCUT2D eigenvalue weighted by atomic mass is 9.62.